The molecule has 80 heavy (non-hydrogen) atoms. The smallest absolute Gasteiger partial charge is 0.303 e. The van der Waals surface area contributed by atoms with Gasteiger partial charge in [-0.1, -0.05) is 285 Å². The molecule has 0 radical (unpaired) electrons. The van der Waals surface area contributed by atoms with Crippen LogP contribution in [0.3, 0.4) is 0 Å². The molecule has 0 aromatic rings. The van der Waals surface area contributed by atoms with Crippen molar-refractivity contribution in [1.29, 1.82) is 0 Å². The van der Waals surface area contributed by atoms with Crippen LogP contribution in [0.1, 0.15) is 349 Å². The first kappa shape index (κ1) is 81.6. The van der Waals surface area contributed by atoms with E-state index in [2.05, 4.69) is 27.7 Å². The molecule has 0 aliphatic rings. The fraction of sp³-hybridized carbons (Fsp3) is 0.909. The lowest BCUT2D eigenvalue weighted by atomic mass is 9.82. The first-order valence-corrected chi connectivity index (χ1v) is 33.1. The molecule has 0 aromatic heterocycles. The molecule has 0 aliphatic carbocycles. The molecule has 14 heteroatoms. The minimum atomic E-state index is -2.47. The predicted molar refractivity (Wildman–Crippen MR) is 325 cm³/mol. The third-order valence-electron chi connectivity index (χ3n) is 15.6. The molecule has 0 spiro atoms. The van der Waals surface area contributed by atoms with Crippen LogP contribution in [0.5, 0.6) is 0 Å². The summed E-state index contributed by atoms with van der Waals surface area (Å²) in [5.41, 5.74) is -4.93. The highest BCUT2D eigenvalue weighted by Gasteiger charge is 2.49. The fourth-order valence-corrected chi connectivity index (χ4v) is 10.1. The summed E-state index contributed by atoms with van der Waals surface area (Å²) < 4.78 is 0. The number of carbonyl (C=O) groups is 6. The normalized spacial score (nSPS) is 12.3. The maximum Gasteiger partial charge on any atom is 0.303 e. The van der Waals surface area contributed by atoms with Gasteiger partial charge in [-0.25, -0.2) is 0 Å². The Hall–Kier alpha value is -2.62. The maximum absolute atomic E-state index is 12.7. The van der Waals surface area contributed by atoms with E-state index in [4.69, 9.17) is 10.2 Å². The van der Waals surface area contributed by atoms with E-state index in [9.17, 15) is 59.4 Å². The SMILES string of the molecule is CCCCCCCCCCCCCC(=O)C(O)(C(=O)CCCCCCCCCCCCC)C(O)CO.CCCCCCCCCCCCCC(=O)C(O)(C(=O)CCCCCCCCCCCCC)C(O)CO.O=C(O)CCC(=O)O. The maximum atomic E-state index is 12.7. The Bertz CT molecular complexity index is 1270. The van der Waals surface area contributed by atoms with Gasteiger partial charge in [-0.2, -0.15) is 0 Å². The van der Waals surface area contributed by atoms with E-state index >= 15 is 0 Å². The van der Waals surface area contributed by atoms with Gasteiger partial charge in [0.05, 0.1) is 26.1 Å². The number of hydrogen-bond acceptors (Lipinski definition) is 12. The number of aliphatic hydroxyl groups excluding tert-OH is 4. The number of carboxylic acids is 2. The number of Topliss-reactive ketones (excluding diaryl/α,β-unsaturated/α-hetero) is 4. The van der Waals surface area contributed by atoms with Crippen molar-refractivity contribution in [2.75, 3.05) is 13.2 Å². The Morgan fingerprint density at radius 3 is 0.525 bits per heavy atom. The molecule has 2 atom stereocenters. The lowest BCUT2D eigenvalue weighted by Crippen LogP contribution is -2.57. The largest absolute Gasteiger partial charge is 0.481 e. The molecule has 0 saturated carbocycles. The van der Waals surface area contributed by atoms with Gasteiger partial charge in [0.25, 0.3) is 0 Å². The number of ketones is 4. The highest BCUT2D eigenvalue weighted by molar-refractivity contribution is 6.11. The molecule has 474 valence electrons. The highest BCUT2D eigenvalue weighted by atomic mass is 16.4. The highest BCUT2D eigenvalue weighted by Crippen LogP contribution is 2.25. The molecule has 8 N–H and O–H groups in total. The van der Waals surface area contributed by atoms with Gasteiger partial charge in [-0.15, -0.1) is 0 Å². The number of carboxylic acid groups (broad SMARTS) is 2. The molecule has 14 nitrogen and oxygen atoms in total. The van der Waals surface area contributed by atoms with E-state index in [1.54, 1.807) is 0 Å². The summed E-state index contributed by atoms with van der Waals surface area (Å²) in [6.07, 6.45) is 46.9. The van der Waals surface area contributed by atoms with Gasteiger partial charge >= 0.3 is 11.9 Å². The van der Waals surface area contributed by atoms with Crippen LogP contribution in [0.2, 0.25) is 0 Å². The quantitative estimate of drug-likeness (QED) is 0.0208. The summed E-state index contributed by atoms with van der Waals surface area (Å²) in [4.78, 5) is 70.2. The second kappa shape index (κ2) is 59.5. The standard InChI is InChI=1S/2C31H60O5.C4H6O4/c2*1-3-5-7-9-11-13-15-17-19-21-23-25-28(33)31(36,30(35)27-32)29(34)26-24-22-20-18-16-14-12-10-8-6-4-2;5-3(6)1-2-4(7)8/h2*30,32,35-36H,3-27H2,1-2H3;1-2H2,(H,5,6)(H,7,8). The number of aliphatic carboxylic acids is 2. The van der Waals surface area contributed by atoms with Crippen molar-refractivity contribution in [3.05, 3.63) is 0 Å². The van der Waals surface area contributed by atoms with Gasteiger partial charge in [-0.3, -0.25) is 28.8 Å². The molecule has 0 rings (SSSR count). The summed E-state index contributed by atoms with van der Waals surface area (Å²) in [5.74, 6) is -4.73. The fourth-order valence-electron chi connectivity index (χ4n) is 10.1. The summed E-state index contributed by atoms with van der Waals surface area (Å²) in [6, 6.07) is 0. The van der Waals surface area contributed by atoms with E-state index in [1.807, 2.05) is 0 Å². The number of hydrogen-bond donors (Lipinski definition) is 8. The van der Waals surface area contributed by atoms with Gasteiger partial charge in [0.1, 0.15) is 12.2 Å². The van der Waals surface area contributed by atoms with E-state index < -0.39 is 71.7 Å². The van der Waals surface area contributed by atoms with Gasteiger partial charge in [0.15, 0.2) is 23.1 Å². The van der Waals surface area contributed by atoms with Crippen LogP contribution in [0.4, 0.5) is 0 Å². The molecule has 0 aliphatic heterocycles. The van der Waals surface area contributed by atoms with Gasteiger partial charge < -0.3 is 40.9 Å². The zero-order valence-electron chi connectivity index (χ0n) is 52.0. The van der Waals surface area contributed by atoms with Crippen LogP contribution in [-0.4, -0.2) is 113 Å². The minimum absolute atomic E-state index is 0.0641. The monoisotopic (exact) mass is 1140 g/mol. The lowest BCUT2D eigenvalue weighted by Gasteiger charge is -2.29. The molecule has 0 bridgehead atoms. The van der Waals surface area contributed by atoms with Crippen molar-refractivity contribution in [3.8, 4) is 0 Å². The topological polar surface area (TPSA) is 264 Å². The Morgan fingerprint density at radius 1 is 0.263 bits per heavy atom. The third kappa shape index (κ3) is 46.8. The van der Waals surface area contributed by atoms with Crippen LogP contribution >= 0.6 is 0 Å². The van der Waals surface area contributed by atoms with E-state index in [0.29, 0.717) is 25.7 Å². The number of carbonyl (C=O) groups excluding carboxylic acids is 4. The lowest BCUT2D eigenvalue weighted by molar-refractivity contribution is -0.167. The third-order valence-corrected chi connectivity index (χ3v) is 15.6. The Morgan fingerprint density at radius 2 is 0.400 bits per heavy atom. The predicted octanol–water partition coefficient (Wildman–Crippen LogP) is 15.2. The average molecular weight is 1140 g/mol. The van der Waals surface area contributed by atoms with Gasteiger partial charge in [-0.05, 0) is 25.7 Å². The molecular formula is C66H126O14. The van der Waals surface area contributed by atoms with Crippen molar-refractivity contribution < 1.29 is 69.6 Å². The van der Waals surface area contributed by atoms with E-state index in [-0.39, 0.29) is 38.5 Å². The average Bonchev–Trinajstić information content (AvgIpc) is 3.45. The summed E-state index contributed by atoms with van der Waals surface area (Å²) >= 11 is 0. The van der Waals surface area contributed by atoms with Crippen molar-refractivity contribution in [1.82, 2.24) is 0 Å². The number of aliphatic hydroxyl groups is 6. The van der Waals surface area contributed by atoms with Crippen LogP contribution in [-0.2, 0) is 28.8 Å². The van der Waals surface area contributed by atoms with Crippen LogP contribution in [0, 0.1) is 0 Å². The zero-order valence-corrected chi connectivity index (χ0v) is 52.0. The van der Waals surface area contributed by atoms with Crippen molar-refractivity contribution in [2.24, 2.45) is 0 Å². The van der Waals surface area contributed by atoms with Crippen LogP contribution in [0.25, 0.3) is 0 Å². The first-order chi connectivity index (χ1) is 38.5. The number of unbranched alkanes of at least 4 members (excludes halogenated alkanes) is 40. The summed E-state index contributed by atoms with van der Waals surface area (Å²) in [7, 11) is 0. The van der Waals surface area contributed by atoms with Crippen LogP contribution < -0.4 is 0 Å². The van der Waals surface area contributed by atoms with Gasteiger partial charge in [0.2, 0.25) is 11.2 Å². The van der Waals surface area contributed by atoms with Crippen molar-refractivity contribution in [2.45, 2.75) is 372 Å². The molecule has 0 fully saturated rings. The molecule has 0 heterocycles. The Balaban J connectivity index is -0.00000130. The molecule has 2 unspecified atom stereocenters. The second-order valence-electron chi connectivity index (χ2n) is 23.1. The molecule has 0 amide bonds. The van der Waals surface area contributed by atoms with Gasteiger partial charge in [0, 0.05) is 25.7 Å². The molecule has 0 aromatic carbocycles. The number of rotatable bonds is 59. The van der Waals surface area contributed by atoms with Crippen molar-refractivity contribution >= 4 is 35.1 Å². The second-order valence-corrected chi connectivity index (χ2v) is 23.1. The Labute approximate surface area is 488 Å². The van der Waals surface area contributed by atoms with Crippen molar-refractivity contribution in [3.63, 3.8) is 0 Å². The summed E-state index contributed by atoms with van der Waals surface area (Å²) in [5, 5.41) is 76.5. The van der Waals surface area contributed by atoms with Crippen LogP contribution in [0.15, 0.2) is 0 Å². The Kier molecular flexibility index (Phi) is 60.7. The molecule has 0 saturated heterocycles. The minimum Gasteiger partial charge on any atom is -0.481 e. The zero-order chi connectivity index (χ0) is 60.4. The van der Waals surface area contributed by atoms with E-state index in [1.165, 1.54) is 180 Å². The molecular weight excluding hydrogens is 1020 g/mol. The summed E-state index contributed by atoms with van der Waals surface area (Å²) in [6.45, 7) is 7.31. The van der Waals surface area contributed by atoms with E-state index in [0.717, 1.165) is 77.0 Å². The first-order valence-electron chi connectivity index (χ1n) is 33.1.